The molecule has 0 saturated heterocycles. The minimum absolute atomic E-state index is 0.624. The Labute approximate surface area is 94.1 Å². The topological polar surface area (TPSA) is 38.0 Å². The van der Waals surface area contributed by atoms with Gasteiger partial charge < -0.3 is 11.1 Å². The maximum atomic E-state index is 5.72. The first-order valence-corrected chi connectivity index (χ1v) is 6.08. The number of fused-ring (bicyclic) bond motifs is 1. The smallest absolute Gasteiger partial charge is 0.0391 e. The molecular formula is C12H16N2S. The van der Waals surface area contributed by atoms with Crippen LogP contribution < -0.4 is 11.1 Å². The van der Waals surface area contributed by atoms with E-state index in [9.17, 15) is 0 Å². The van der Waals surface area contributed by atoms with Crippen LogP contribution in [0.3, 0.4) is 0 Å². The number of nitrogens with two attached hydrogens (primary N) is 1. The second kappa shape index (κ2) is 4.75. The van der Waals surface area contributed by atoms with Crippen LogP contribution in [0.2, 0.25) is 0 Å². The van der Waals surface area contributed by atoms with Gasteiger partial charge in [0.25, 0.3) is 0 Å². The molecule has 0 amide bonds. The Hall–Kier alpha value is -0.900. The van der Waals surface area contributed by atoms with E-state index in [1.807, 2.05) is 11.3 Å². The van der Waals surface area contributed by atoms with Gasteiger partial charge in [0.05, 0.1) is 0 Å². The molecule has 1 aromatic carbocycles. The van der Waals surface area contributed by atoms with Crippen molar-refractivity contribution < 1.29 is 0 Å². The molecule has 0 bridgehead atoms. The van der Waals surface area contributed by atoms with Gasteiger partial charge in [0.15, 0.2) is 0 Å². The lowest BCUT2D eigenvalue weighted by Gasteiger charge is -1.97. The lowest BCUT2D eigenvalue weighted by molar-refractivity contribution is 0.736. The van der Waals surface area contributed by atoms with Crippen molar-refractivity contribution in [1.29, 1.82) is 0 Å². The van der Waals surface area contributed by atoms with Crippen molar-refractivity contribution >= 4 is 21.4 Å². The fraction of sp³-hybridized carbons (Fsp3) is 0.333. The molecule has 2 aromatic rings. The molecule has 3 heteroatoms. The molecule has 1 heterocycles. The molecule has 0 saturated carbocycles. The van der Waals surface area contributed by atoms with Crippen LogP contribution in [0.5, 0.6) is 0 Å². The van der Waals surface area contributed by atoms with E-state index in [1.54, 1.807) is 0 Å². The van der Waals surface area contributed by atoms with Crippen LogP contribution in [0.1, 0.15) is 17.4 Å². The summed E-state index contributed by atoms with van der Waals surface area (Å²) >= 11 is 1.85. The molecule has 3 N–H and O–H groups in total. The van der Waals surface area contributed by atoms with Crippen molar-refractivity contribution in [2.45, 2.75) is 20.0 Å². The third-order valence-electron chi connectivity index (χ3n) is 2.45. The van der Waals surface area contributed by atoms with E-state index in [0.717, 1.165) is 13.1 Å². The van der Waals surface area contributed by atoms with E-state index in [0.29, 0.717) is 6.54 Å². The van der Waals surface area contributed by atoms with Crippen molar-refractivity contribution in [2.75, 3.05) is 6.54 Å². The summed E-state index contributed by atoms with van der Waals surface area (Å²) < 4.78 is 1.34. The Morgan fingerprint density at radius 3 is 3.00 bits per heavy atom. The fourth-order valence-electron chi connectivity index (χ4n) is 1.67. The first kappa shape index (κ1) is 10.6. The third kappa shape index (κ3) is 2.20. The predicted octanol–water partition coefficient (Wildman–Crippen LogP) is 2.47. The lowest BCUT2D eigenvalue weighted by atomic mass is 10.1. The maximum Gasteiger partial charge on any atom is 0.0391 e. The summed E-state index contributed by atoms with van der Waals surface area (Å²) in [7, 11) is 0. The summed E-state index contributed by atoms with van der Waals surface area (Å²) in [5.74, 6) is 0. The minimum Gasteiger partial charge on any atom is -0.326 e. The van der Waals surface area contributed by atoms with Gasteiger partial charge >= 0.3 is 0 Å². The number of hydrogen-bond donors (Lipinski definition) is 2. The molecule has 15 heavy (non-hydrogen) atoms. The van der Waals surface area contributed by atoms with Gasteiger partial charge in [-0.3, -0.25) is 0 Å². The Morgan fingerprint density at radius 1 is 1.40 bits per heavy atom. The van der Waals surface area contributed by atoms with E-state index >= 15 is 0 Å². The van der Waals surface area contributed by atoms with Crippen LogP contribution in [0.25, 0.3) is 10.1 Å². The van der Waals surface area contributed by atoms with E-state index in [2.05, 4.69) is 36.5 Å². The van der Waals surface area contributed by atoms with Crippen LogP contribution >= 0.6 is 11.3 Å². The zero-order chi connectivity index (χ0) is 10.7. The highest BCUT2D eigenvalue weighted by Gasteiger charge is 2.04. The molecule has 0 fully saturated rings. The van der Waals surface area contributed by atoms with Gasteiger partial charge in [0, 0.05) is 22.7 Å². The molecule has 0 aliphatic rings. The van der Waals surface area contributed by atoms with Crippen molar-refractivity contribution in [3.8, 4) is 0 Å². The highest BCUT2D eigenvalue weighted by Crippen LogP contribution is 2.28. The fourth-order valence-corrected chi connectivity index (χ4v) is 2.82. The van der Waals surface area contributed by atoms with Gasteiger partial charge in [-0.25, -0.2) is 0 Å². The molecule has 1 aromatic heterocycles. The zero-order valence-electron chi connectivity index (χ0n) is 8.92. The molecule has 0 aliphatic heterocycles. The van der Waals surface area contributed by atoms with Gasteiger partial charge in [-0.05, 0) is 23.6 Å². The van der Waals surface area contributed by atoms with Gasteiger partial charge in [-0.2, -0.15) is 0 Å². The normalized spacial score (nSPS) is 11.1. The zero-order valence-corrected chi connectivity index (χ0v) is 9.73. The lowest BCUT2D eigenvalue weighted by Crippen LogP contribution is -2.10. The predicted molar refractivity (Wildman–Crippen MR) is 67.1 cm³/mol. The number of rotatable bonds is 4. The molecule has 2 rings (SSSR count). The van der Waals surface area contributed by atoms with Crippen molar-refractivity contribution in [3.05, 3.63) is 34.7 Å². The first-order valence-electron chi connectivity index (χ1n) is 5.26. The summed E-state index contributed by atoms with van der Waals surface area (Å²) in [6, 6.07) is 8.59. The van der Waals surface area contributed by atoms with Crippen molar-refractivity contribution in [3.63, 3.8) is 0 Å². The summed E-state index contributed by atoms with van der Waals surface area (Å²) in [6.07, 6.45) is 0. The second-order valence-corrected chi connectivity index (χ2v) is 4.67. The molecule has 0 aliphatic carbocycles. The Kier molecular flexibility index (Phi) is 3.36. The molecule has 0 atom stereocenters. The van der Waals surface area contributed by atoms with Crippen molar-refractivity contribution in [2.24, 2.45) is 5.73 Å². The van der Waals surface area contributed by atoms with E-state index in [4.69, 9.17) is 5.73 Å². The minimum atomic E-state index is 0.624. The molecule has 2 nitrogen and oxygen atoms in total. The Bertz CT molecular complexity index is 448. The molecule has 0 unspecified atom stereocenters. The molecule has 0 radical (unpaired) electrons. The number of thiophene rings is 1. The average molecular weight is 220 g/mol. The standard InChI is InChI=1S/C12H16N2S/c1-2-14-8-11-6-9-4-3-5-10(7-13)12(9)15-11/h3-6,14H,2,7-8,13H2,1H3. The summed E-state index contributed by atoms with van der Waals surface area (Å²) in [5, 5.41) is 4.66. The summed E-state index contributed by atoms with van der Waals surface area (Å²) in [5.41, 5.74) is 6.97. The van der Waals surface area contributed by atoms with Gasteiger partial charge in [0.2, 0.25) is 0 Å². The molecule has 80 valence electrons. The monoisotopic (exact) mass is 220 g/mol. The Balaban J connectivity index is 2.37. The Morgan fingerprint density at radius 2 is 2.27 bits per heavy atom. The van der Waals surface area contributed by atoms with Gasteiger partial charge in [0.1, 0.15) is 0 Å². The first-order chi connectivity index (χ1) is 7.35. The third-order valence-corrected chi connectivity index (χ3v) is 3.67. The maximum absolute atomic E-state index is 5.72. The van der Waals surface area contributed by atoms with Crippen molar-refractivity contribution in [1.82, 2.24) is 5.32 Å². The van der Waals surface area contributed by atoms with E-state index in [1.165, 1.54) is 20.5 Å². The number of nitrogens with one attached hydrogen (secondary N) is 1. The summed E-state index contributed by atoms with van der Waals surface area (Å²) in [6.45, 7) is 4.72. The van der Waals surface area contributed by atoms with E-state index < -0.39 is 0 Å². The average Bonchev–Trinajstić information content (AvgIpc) is 2.68. The number of hydrogen-bond acceptors (Lipinski definition) is 3. The van der Waals surface area contributed by atoms with Crippen LogP contribution in [-0.2, 0) is 13.1 Å². The van der Waals surface area contributed by atoms with Gasteiger partial charge in [-0.15, -0.1) is 11.3 Å². The quantitative estimate of drug-likeness (QED) is 0.830. The highest BCUT2D eigenvalue weighted by molar-refractivity contribution is 7.19. The van der Waals surface area contributed by atoms with Crippen LogP contribution in [0, 0.1) is 0 Å². The number of benzene rings is 1. The molecular weight excluding hydrogens is 204 g/mol. The van der Waals surface area contributed by atoms with Crippen LogP contribution in [-0.4, -0.2) is 6.54 Å². The summed E-state index contributed by atoms with van der Waals surface area (Å²) in [4.78, 5) is 1.38. The largest absolute Gasteiger partial charge is 0.326 e. The van der Waals surface area contributed by atoms with Gasteiger partial charge in [-0.1, -0.05) is 25.1 Å². The highest BCUT2D eigenvalue weighted by atomic mass is 32.1. The van der Waals surface area contributed by atoms with Crippen LogP contribution in [0.15, 0.2) is 24.3 Å². The van der Waals surface area contributed by atoms with E-state index in [-0.39, 0.29) is 0 Å². The second-order valence-electron chi connectivity index (χ2n) is 3.53. The SMILES string of the molecule is CCNCc1cc2cccc(CN)c2s1. The molecule has 0 spiro atoms. The van der Waals surface area contributed by atoms with Crippen LogP contribution in [0.4, 0.5) is 0 Å².